The Morgan fingerprint density at radius 2 is 2.07 bits per heavy atom. The number of nitrogens with zero attached hydrogens (tertiary/aromatic N) is 1. The number of rotatable bonds is 7. The van der Waals surface area contributed by atoms with Crippen LogP contribution in [0.2, 0.25) is 0 Å². The molecule has 2 aliphatic rings. The maximum absolute atomic E-state index is 12.7. The van der Waals surface area contributed by atoms with E-state index in [1.807, 2.05) is 12.3 Å². The molecule has 1 aromatic heterocycles. The van der Waals surface area contributed by atoms with Gasteiger partial charge in [-0.25, -0.2) is 13.2 Å². The SMILES string of the molecule is CCCCN(C(=O)COC(=O)c1csc2c1CCCC2)C1CCS(=O)(=O)C1. The molecule has 1 aliphatic carbocycles. The summed E-state index contributed by atoms with van der Waals surface area (Å²) in [6, 6.07) is -0.304. The Kier molecular flexibility index (Phi) is 6.57. The highest BCUT2D eigenvalue weighted by Gasteiger charge is 2.34. The maximum Gasteiger partial charge on any atom is 0.339 e. The molecule has 1 aromatic rings. The molecule has 1 aliphatic heterocycles. The van der Waals surface area contributed by atoms with Crippen molar-refractivity contribution in [3.05, 3.63) is 21.4 Å². The van der Waals surface area contributed by atoms with Crippen molar-refractivity contribution >= 4 is 33.1 Å². The van der Waals surface area contributed by atoms with Crippen molar-refractivity contribution in [1.82, 2.24) is 4.90 Å². The lowest BCUT2D eigenvalue weighted by atomic mass is 9.96. The zero-order chi connectivity index (χ0) is 19.4. The molecule has 1 saturated heterocycles. The third-order valence-corrected chi connectivity index (χ3v) is 8.17. The average Bonchev–Trinajstić information content (AvgIpc) is 3.23. The van der Waals surface area contributed by atoms with Gasteiger partial charge in [0.1, 0.15) is 0 Å². The molecule has 3 rings (SSSR count). The molecular formula is C19H27NO5S2. The van der Waals surface area contributed by atoms with Gasteiger partial charge in [0, 0.05) is 22.8 Å². The number of aryl methyl sites for hydroxylation is 1. The zero-order valence-corrected chi connectivity index (χ0v) is 17.4. The van der Waals surface area contributed by atoms with Crippen molar-refractivity contribution in [2.24, 2.45) is 0 Å². The minimum atomic E-state index is -3.08. The Morgan fingerprint density at radius 3 is 2.78 bits per heavy atom. The van der Waals surface area contributed by atoms with Crippen LogP contribution in [-0.4, -0.2) is 55.9 Å². The lowest BCUT2D eigenvalue weighted by Crippen LogP contribution is -2.43. The van der Waals surface area contributed by atoms with Crippen molar-refractivity contribution in [2.75, 3.05) is 24.7 Å². The number of sulfone groups is 1. The zero-order valence-electron chi connectivity index (χ0n) is 15.7. The first-order valence-corrected chi connectivity index (χ1v) is 12.4. The first-order chi connectivity index (χ1) is 12.9. The Balaban J connectivity index is 1.61. The first-order valence-electron chi connectivity index (χ1n) is 9.67. The quantitative estimate of drug-likeness (QED) is 0.642. The monoisotopic (exact) mass is 413 g/mol. The number of ether oxygens (including phenoxy) is 1. The predicted octanol–water partition coefficient (Wildman–Crippen LogP) is 2.60. The second-order valence-electron chi connectivity index (χ2n) is 7.33. The van der Waals surface area contributed by atoms with Gasteiger partial charge in [0.25, 0.3) is 5.91 Å². The Hall–Kier alpha value is -1.41. The molecule has 1 amide bonds. The summed E-state index contributed by atoms with van der Waals surface area (Å²) in [5.74, 6) is -0.622. The predicted molar refractivity (Wildman–Crippen MR) is 105 cm³/mol. The molecule has 0 N–H and O–H groups in total. The van der Waals surface area contributed by atoms with Gasteiger partial charge in [-0.2, -0.15) is 0 Å². The standard InChI is InChI=1S/C19H27NO5S2/c1-2-3-9-20(14-8-10-27(23,24)13-14)18(21)11-25-19(22)16-12-26-17-7-5-4-6-15(16)17/h12,14H,2-11,13H2,1H3. The fraction of sp³-hybridized carbons (Fsp3) is 0.684. The lowest BCUT2D eigenvalue weighted by Gasteiger charge is -2.28. The number of carbonyl (C=O) groups excluding carboxylic acids is 2. The minimum Gasteiger partial charge on any atom is -0.452 e. The third kappa shape index (κ3) is 4.90. The van der Waals surface area contributed by atoms with Gasteiger partial charge in [0.15, 0.2) is 16.4 Å². The van der Waals surface area contributed by atoms with Crippen molar-refractivity contribution in [3.63, 3.8) is 0 Å². The van der Waals surface area contributed by atoms with E-state index in [0.717, 1.165) is 44.1 Å². The van der Waals surface area contributed by atoms with E-state index in [-0.39, 0.29) is 30.1 Å². The van der Waals surface area contributed by atoms with E-state index in [0.29, 0.717) is 18.5 Å². The summed E-state index contributed by atoms with van der Waals surface area (Å²) >= 11 is 1.59. The summed E-state index contributed by atoms with van der Waals surface area (Å²) in [7, 11) is -3.08. The summed E-state index contributed by atoms with van der Waals surface area (Å²) in [5.41, 5.74) is 1.67. The Labute approximate surface area is 164 Å². The third-order valence-electron chi connectivity index (χ3n) is 5.33. The van der Waals surface area contributed by atoms with E-state index in [1.54, 1.807) is 16.2 Å². The molecule has 1 fully saturated rings. The van der Waals surface area contributed by atoms with Crippen LogP contribution in [-0.2, 0) is 32.2 Å². The Morgan fingerprint density at radius 1 is 1.30 bits per heavy atom. The molecule has 150 valence electrons. The first kappa shape index (κ1) is 20.3. The van der Waals surface area contributed by atoms with Crippen LogP contribution >= 0.6 is 11.3 Å². The topological polar surface area (TPSA) is 80.8 Å². The van der Waals surface area contributed by atoms with Gasteiger partial charge in [-0.3, -0.25) is 4.79 Å². The average molecular weight is 414 g/mol. The number of amides is 1. The molecule has 0 spiro atoms. The molecule has 0 bridgehead atoms. The molecule has 1 atom stereocenters. The van der Waals surface area contributed by atoms with Crippen LogP contribution in [0.5, 0.6) is 0 Å². The second-order valence-corrected chi connectivity index (χ2v) is 10.5. The molecule has 0 aromatic carbocycles. The molecule has 0 saturated carbocycles. The lowest BCUT2D eigenvalue weighted by molar-refractivity contribution is -0.136. The van der Waals surface area contributed by atoms with E-state index in [2.05, 4.69) is 0 Å². The number of hydrogen-bond acceptors (Lipinski definition) is 6. The van der Waals surface area contributed by atoms with Crippen molar-refractivity contribution in [2.45, 2.75) is 57.9 Å². The molecule has 27 heavy (non-hydrogen) atoms. The Bertz CT molecular complexity index is 799. The number of thiophene rings is 1. The second kappa shape index (κ2) is 8.73. The van der Waals surface area contributed by atoms with Crippen molar-refractivity contribution < 1.29 is 22.7 Å². The summed E-state index contributed by atoms with van der Waals surface area (Å²) in [4.78, 5) is 28.0. The van der Waals surface area contributed by atoms with Gasteiger partial charge >= 0.3 is 5.97 Å². The molecule has 8 heteroatoms. The van der Waals surface area contributed by atoms with Crippen LogP contribution in [0.3, 0.4) is 0 Å². The van der Waals surface area contributed by atoms with Gasteiger partial charge in [0.2, 0.25) is 0 Å². The fourth-order valence-electron chi connectivity index (χ4n) is 3.81. The molecule has 1 unspecified atom stereocenters. The van der Waals surface area contributed by atoms with Crippen LogP contribution in [0.1, 0.15) is 59.8 Å². The molecule has 6 nitrogen and oxygen atoms in total. The smallest absolute Gasteiger partial charge is 0.339 e. The van der Waals surface area contributed by atoms with Gasteiger partial charge in [0.05, 0.1) is 17.1 Å². The largest absolute Gasteiger partial charge is 0.452 e. The molecule has 0 radical (unpaired) electrons. The summed E-state index contributed by atoms with van der Waals surface area (Å²) < 4.78 is 28.9. The summed E-state index contributed by atoms with van der Waals surface area (Å²) in [6.07, 6.45) is 6.29. The van der Waals surface area contributed by atoms with Crippen LogP contribution < -0.4 is 0 Å². The van der Waals surface area contributed by atoms with Gasteiger partial charge in [-0.15, -0.1) is 11.3 Å². The minimum absolute atomic E-state index is 0.00837. The fourth-order valence-corrected chi connectivity index (χ4v) is 6.66. The highest BCUT2D eigenvalue weighted by molar-refractivity contribution is 7.91. The van der Waals surface area contributed by atoms with E-state index in [9.17, 15) is 18.0 Å². The number of fused-ring (bicyclic) bond motifs is 1. The van der Waals surface area contributed by atoms with E-state index in [1.165, 1.54) is 4.88 Å². The summed E-state index contributed by atoms with van der Waals surface area (Å²) in [5, 5.41) is 1.83. The number of hydrogen-bond donors (Lipinski definition) is 0. The van der Waals surface area contributed by atoms with Crippen LogP contribution in [0, 0.1) is 0 Å². The van der Waals surface area contributed by atoms with E-state index >= 15 is 0 Å². The van der Waals surface area contributed by atoms with Crippen LogP contribution in [0.4, 0.5) is 0 Å². The van der Waals surface area contributed by atoms with Gasteiger partial charge in [-0.1, -0.05) is 13.3 Å². The van der Waals surface area contributed by atoms with Gasteiger partial charge < -0.3 is 9.64 Å². The number of carbonyl (C=O) groups is 2. The normalized spacial score (nSPS) is 20.9. The van der Waals surface area contributed by atoms with E-state index < -0.39 is 15.8 Å². The molecule has 2 heterocycles. The highest BCUT2D eigenvalue weighted by Crippen LogP contribution is 2.30. The van der Waals surface area contributed by atoms with Crippen molar-refractivity contribution in [3.8, 4) is 0 Å². The number of esters is 1. The maximum atomic E-state index is 12.7. The number of unbranched alkanes of at least 4 members (excludes halogenated alkanes) is 1. The van der Waals surface area contributed by atoms with Crippen LogP contribution in [0.25, 0.3) is 0 Å². The van der Waals surface area contributed by atoms with E-state index in [4.69, 9.17) is 4.74 Å². The summed E-state index contributed by atoms with van der Waals surface area (Å²) in [6.45, 7) is 2.19. The van der Waals surface area contributed by atoms with Gasteiger partial charge in [-0.05, 0) is 44.1 Å². The van der Waals surface area contributed by atoms with Crippen molar-refractivity contribution in [1.29, 1.82) is 0 Å². The van der Waals surface area contributed by atoms with Crippen LogP contribution in [0.15, 0.2) is 5.38 Å². The highest BCUT2D eigenvalue weighted by atomic mass is 32.2. The molecular weight excluding hydrogens is 386 g/mol.